The summed E-state index contributed by atoms with van der Waals surface area (Å²) in [4.78, 5) is 4.15. The van der Waals surface area contributed by atoms with E-state index in [2.05, 4.69) is 15.2 Å². The Morgan fingerprint density at radius 1 is 0.944 bits per heavy atom. The van der Waals surface area contributed by atoms with Crippen molar-refractivity contribution in [3.8, 4) is 23.0 Å². The normalized spacial score (nSPS) is 10.5. The van der Waals surface area contributed by atoms with E-state index in [-0.39, 0.29) is 0 Å². The second-order valence-corrected chi connectivity index (χ2v) is 4.07. The highest BCUT2D eigenvalue weighted by Gasteiger charge is 2.10. The number of rotatable bonds is 2. The van der Waals surface area contributed by atoms with E-state index in [0.717, 1.165) is 5.56 Å². The largest absolute Gasteiger partial charge is 0.415 e. The highest BCUT2D eigenvalue weighted by Crippen LogP contribution is 2.24. The molecule has 0 spiro atoms. The fourth-order valence-electron chi connectivity index (χ4n) is 1.55. The topological polar surface area (TPSA) is 51.8 Å². The molecule has 18 heavy (non-hydrogen) atoms. The first kappa shape index (κ1) is 10.9. The third-order valence-corrected chi connectivity index (χ3v) is 2.62. The van der Waals surface area contributed by atoms with Crippen molar-refractivity contribution in [3.05, 3.63) is 53.7 Å². The third-order valence-electron chi connectivity index (χ3n) is 2.38. The van der Waals surface area contributed by atoms with Crippen molar-refractivity contribution >= 4 is 11.6 Å². The maximum absolute atomic E-state index is 5.92. The van der Waals surface area contributed by atoms with Gasteiger partial charge in [0.1, 0.15) is 5.69 Å². The van der Waals surface area contributed by atoms with Crippen LogP contribution in [0.2, 0.25) is 5.02 Å². The van der Waals surface area contributed by atoms with Gasteiger partial charge in [-0.25, -0.2) is 0 Å². The van der Waals surface area contributed by atoms with Crippen LogP contribution in [0.25, 0.3) is 23.0 Å². The molecular formula is C13H8ClN3O. The summed E-state index contributed by atoms with van der Waals surface area (Å²) in [5.74, 6) is 0.823. The number of hydrogen-bond donors (Lipinski definition) is 0. The van der Waals surface area contributed by atoms with E-state index in [4.69, 9.17) is 16.0 Å². The summed E-state index contributed by atoms with van der Waals surface area (Å²) < 4.78 is 5.57. The van der Waals surface area contributed by atoms with Gasteiger partial charge in [-0.05, 0) is 30.3 Å². The second-order valence-electron chi connectivity index (χ2n) is 3.64. The molecule has 88 valence electrons. The highest BCUT2D eigenvalue weighted by molar-refractivity contribution is 6.30. The monoisotopic (exact) mass is 257 g/mol. The molecule has 0 saturated carbocycles. The van der Waals surface area contributed by atoms with Crippen molar-refractivity contribution in [1.29, 1.82) is 0 Å². The first-order valence-electron chi connectivity index (χ1n) is 5.34. The van der Waals surface area contributed by atoms with Crippen molar-refractivity contribution in [3.63, 3.8) is 0 Å². The smallest absolute Gasteiger partial charge is 0.266 e. The Labute approximate surface area is 108 Å². The molecule has 0 aliphatic rings. The van der Waals surface area contributed by atoms with Crippen LogP contribution in [0.3, 0.4) is 0 Å². The minimum absolute atomic E-state index is 0.394. The predicted octanol–water partition coefficient (Wildman–Crippen LogP) is 3.45. The molecule has 3 rings (SSSR count). The van der Waals surface area contributed by atoms with Crippen molar-refractivity contribution in [1.82, 2.24) is 15.2 Å². The number of benzene rings is 1. The molecule has 0 aliphatic heterocycles. The van der Waals surface area contributed by atoms with Crippen molar-refractivity contribution in [2.24, 2.45) is 0 Å². The molecule has 2 heterocycles. The predicted molar refractivity (Wildman–Crippen MR) is 68.0 cm³/mol. The Morgan fingerprint density at radius 2 is 1.83 bits per heavy atom. The van der Waals surface area contributed by atoms with Crippen LogP contribution in [0.1, 0.15) is 0 Å². The maximum atomic E-state index is 5.92. The van der Waals surface area contributed by atoms with E-state index in [1.807, 2.05) is 30.3 Å². The zero-order valence-corrected chi connectivity index (χ0v) is 10.0. The minimum Gasteiger partial charge on any atom is -0.415 e. The Bertz CT molecular complexity index is 667. The third kappa shape index (κ3) is 2.10. The maximum Gasteiger partial charge on any atom is 0.266 e. The number of halogens is 1. The van der Waals surface area contributed by atoms with E-state index < -0.39 is 0 Å². The van der Waals surface area contributed by atoms with Crippen molar-refractivity contribution in [2.75, 3.05) is 0 Å². The lowest BCUT2D eigenvalue weighted by atomic mass is 10.2. The van der Waals surface area contributed by atoms with Gasteiger partial charge in [0, 0.05) is 16.8 Å². The molecule has 3 aromatic rings. The van der Waals surface area contributed by atoms with Crippen molar-refractivity contribution in [2.45, 2.75) is 0 Å². The molecule has 5 heteroatoms. The molecule has 0 N–H and O–H groups in total. The summed E-state index contributed by atoms with van der Waals surface area (Å²) in [6.07, 6.45) is 1.68. The standard InChI is InChI=1S/C13H8ClN3O/c14-10-5-3-4-9(8-10)12-16-17-13(18-12)11-6-1-2-7-15-11/h1-8H. The van der Waals surface area contributed by atoms with Crippen molar-refractivity contribution < 1.29 is 4.42 Å². The number of aromatic nitrogens is 3. The quantitative estimate of drug-likeness (QED) is 0.706. The van der Waals surface area contributed by atoms with Crippen LogP contribution in [-0.4, -0.2) is 15.2 Å². The SMILES string of the molecule is Clc1cccc(-c2nnc(-c3ccccn3)o2)c1. The zero-order valence-electron chi connectivity index (χ0n) is 9.25. The molecule has 1 aromatic carbocycles. The Morgan fingerprint density at radius 3 is 2.61 bits per heavy atom. The molecule has 0 bridgehead atoms. The fourth-order valence-corrected chi connectivity index (χ4v) is 1.74. The second kappa shape index (κ2) is 4.58. The average molecular weight is 258 g/mol. The van der Waals surface area contributed by atoms with E-state index in [0.29, 0.717) is 22.5 Å². The number of pyridine rings is 1. The Hall–Kier alpha value is -2.20. The zero-order chi connectivity index (χ0) is 12.4. The van der Waals surface area contributed by atoms with Crippen LogP contribution >= 0.6 is 11.6 Å². The summed E-state index contributed by atoms with van der Waals surface area (Å²) in [6.45, 7) is 0. The van der Waals surface area contributed by atoms with Crippen LogP contribution in [0.15, 0.2) is 53.1 Å². The molecule has 0 saturated heterocycles. The van der Waals surface area contributed by atoms with Gasteiger partial charge in [-0.1, -0.05) is 23.7 Å². The summed E-state index contributed by atoms with van der Waals surface area (Å²) in [7, 11) is 0. The fraction of sp³-hybridized carbons (Fsp3) is 0. The number of nitrogens with zero attached hydrogens (tertiary/aromatic N) is 3. The van der Waals surface area contributed by atoms with Crippen LogP contribution < -0.4 is 0 Å². The first-order chi connectivity index (χ1) is 8.83. The van der Waals surface area contributed by atoms with E-state index in [9.17, 15) is 0 Å². The summed E-state index contributed by atoms with van der Waals surface area (Å²) in [5.41, 5.74) is 1.44. The molecule has 0 atom stereocenters. The summed E-state index contributed by atoms with van der Waals surface area (Å²) >= 11 is 5.92. The number of hydrogen-bond acceptors (Lipinski definition) is 4. The Balaban J connectivity index is 2.00. The van der Waals surface area contributed by atoms with E-state index in [1.54, 1.807) is 18.3 Å². The molecule has 0 aliphatic carbocycles. The summed E-state index contributed by atoms with van der Waals surface area (Å²) in [6, 6.07) is 12.8. The van der Waals surface area contributed by atoms with Crippen LogP contribution in [-0.2, 0) is 0 Å². The lowest BCUT2D eigenvalue weighted by Gasteiger charge is -1.95. The molecule has 4 nitrogen and oxygen atoms in total. The van der Waals surface area contributed by atoms with Gasteiger partial charge in [0.25, 0.3) is 5.89 Å². The molecule has 0 amide bonds. The van der Waals surface area contributed by atoms with Gasteiger partial charge >= 0.3 is 0 Å². The van der Waals surface area contributed by atoms with Gasteiger partial charge in [-0.3, -0.25) is 4.98 Å². The van der Waals surface area contributed by atoms with Crippen LogP contribution in [0.4, 0.5) is 0 Å². The molecule has 2 aromatic heterocycles. The van der Waals surface area contributed by atoms with Gasteiger partial charge in [0.15, 0.2) is 0 Å². The van der Waals surface area contributed by atoms with E-state index >= 15 is 0 Å². The molecule has 0 unspecified atom stereocenters. The van der Waals surface area contributed by atoms with Gasteiger partial charge in [0.05, 0.1) is 0 Å². The van der Waals surface area contributed by atoms with Crippen LogP contribution in [0, 0.1) is 0 Å². The van der Waals surface area contributed by atoms with Gasteiger partial charge < -0.3 is 4.42 Å². The Kier molecular flexibility index (Phi) is 2.78. The average Bonchev–Trinajstić information content (AvgIpc) is 2.89. The lowest BCUT2D eigenvalue weighted by molar-refractivity contribution is 0.582. The van der Waals surface area contributed by atoms with Crippen LogP contribution in [0.5, 0.6) is 0 Å². The first-order valence-corrected chi connectivity index (χ1v) is 5.71. The van der Waals surface area contributed by atoms with Gasteiger partial charge in [0.2, 0.25) is 5.89 Å². The van der Waals surface area contributed by atoms with E-state index in [1.165, 1.54) is 0 Å². The van der Waals surface area contributed by atoms with Gasteiger partial charge in [-0.15, -0.1) is 10.2 Å². The highest BCUT2D eigenvalue weighted by atomic mass is 35.5. The van der Waals surface area contributed by atoms with Gasteiger partial charge in [-0.2, -0.15) is 0 Å². The lowest BCUT2D eigenvalue weighted by Crippen LogP contribution is -1.80. The molecule has 0 fully saturated rings. The molecular weight excluding hydrogens is 250 g/mol. The summed E-state index contributed by atoms with van der Waals surface area (Å²) in [5, 5.41) is 8.59. The molecule has 0 radical (unpaired) electrons. The minimum atomic E-state index is 0.394.